The van der Waals surface area contributed by atoms with Crippen LogP contribution in [0.3, 0.4) is 0 Å². The highest BCUT2D eigenvalue weighted by Crippen LogP contribution is 2.15. The van der Waals surface area contributed by atoms with Crippen LogP contribution in [0.4, 0.5) is 5.69 Å². The predicted octanol–water partition coefficient (Wildman–Crippen LogP) is 2.50. The molecule has 27 heavy (non-hydrogen) atoms. The molecule has 1 rings (SSSR count). The lowest BCUT2D eigenvalue weighted by Crippen LogP contribution is -2.26. The van der Waals surface area contributed by atoms with E-state index in [1.54, 1.807) is 45.0 Å². The van der Waals surface area contributed by atoms with Gasteiger partial charge in [-0.25, -0.2) is 5.43 Å². The van der Waals surface area contributed by atoms with Gasteiger partial charge >= 0.3 is 5.97 Å². The van der Waals surface area contributed by atoms with Gasteiger partial charge in [-0.1, -0.05) is 0 Å². The van der Waals surface area contributed by atoms with Crippen molar-refractivity contribution in [3.63, 3.8) is 0 Å². The highest BCUT2D eigenvalue weighted by molar-refractivity contribution is 6.01. The van der Waals surface area contributed by atoms with Crippen LogP contribution in [-0.4, -0.2) is 36.7 Å². The normalized spacial score (nSPS) is 12.1. The summed E-state index contributed by atoms with van der Waals surface area (Å²) in [4.78, 5) is 35.3. The molecular weight excluding hydrogens is 350 g/mol. The Bertz CT molecular complexity index is 670. The molecule has 0 radical (unpaired) electrons. The van der Waals surface area contributed by atoms with Crippen molar-refractivity contribution in [3.8, 4) is 5.75 Å². The molecule has 0 aromatic heterocycles. The second-order valence-electron chi connectivity index (χ2n) is 5.77. The number of amides is 2. The van der Waals surface area contributed by atoms with E-state index in [4.69, 9.17) is 9.47 Å². The van der Waals surface area contributed by atoms with E-state index in [1.165, 1.54) is 0 Å². The molecule has 0 spiro atoms. The van der Waals surface area contributed by atoms with Crippen LogP contribution in [0.25, 0.3) is 0 Å². The van der Waals surface area contributed by atoms with Crippen molar-refractivity contribution in [2.75, 3.05) is 18.5 Å². The number of carbonyl (C=O) groups is 3. The van der Waals surface area contributed by atoms with Gasteiger partial charge in [-0.2, -0.15) is 5.10 Å². The average molecular weight is 377 g/mol. The molecule has 0 bridgehead atoms. The van der Waals surface area contributed by atoms with E-state index in [-0.39, 0.29) is 25.4 Å². The molecule has 0 aliphatic rings. The maximum absolute atomic E-state index is 11.9. The number of ether oxygens (including phenoxy) is 2. The SMILES string of the molecule is CCOC(=O)C(C)/C(C)=N\NC(=O)CCC(=O)Nc1ccc(OCC)cc1. The first-order valence-corrected chi connectivity index (χ1v) is 8.89. The first-order valence-electron chi connectivity index (χ1n) is 8.89. The van der Waals surface area contributed by atoms with Crippen LogP contribution >= 0.6 is 0 Å². The molecule has 0 fully saturated rings. The molecule has 1 atom stereocenters. The number of rotatable bonds is 10. The number of carbonyl (C=O) groups excluding carboxylic acids is 3. The Labute approximate surface area is 159 Å². The fourth-order valence-corrected chi connectivity index (χ4v) is 1.99. The van der Waals surface area contributed by atoms with E-state index in [0.717, 1.165) is 5.75 Å². The monoisotopic (exact) mass is 377 g/mol. The Morgan fingerprint density at radius 2 is 1.67 bits per heavy atom. The lowest BCUT2D eigenvalue weighted by molar-refractivity contribution is -0.145. The minimum absolute atomic E-state index is 0.0149. The first-order chi connectivity index (χ1) is 12.9. The van der Waals surface area contributed by atoms with E-state index < -0.39 is 17.8 Å². The Morgan fingerprint density at radius 1 is 1.04 bits per heavy atom. The number of hydrogen-bond donors (Lipinski definition) is 2. The second-order valence-corrected chi connectivity index (χ2v) is 5.77. The molecule has 0 heterocycles. The molecule has 0 aliphatic carbocycles. The lowest BCUT2D eigenvalue weighted by Gasteiger charge is -2.10. The van der Waals surface area contributed by atoms with Gasteiger partial charge in [-0.05, 0) is 52.0 Å². The summed E-state index contributed by atoms with van der Waals surface area (Å²) in [6, 6.07) is 6.98. The topological polar surface area (TPSA) is 106 Å². The van der Waals surface area contributed by atoms with Gasteiger partial charge in [0, 0.05) is 24.2 Å². The summed E-state index contributed by atoms with van der Waals surface area (Å²) in [7, 11) is 0. The Morgan fingerprint density at radius 3 is 2.26 bits per heavy atom. The van der Waals surface area contributed by atoms with Crippen LogP contribution < -0.4 is 15.5 Å². The summed E-state index contributed by atoms with van der Waals surface area (Å²) in [5, 5.41) is 6.59. The Balaban J connectivity index is 2.39. The van der Waals surface area contributed by atoms with Gasteiger partial charge in [-0.15, -0.1) is 0 Å². The number of nitrogens with zero attached hydrogens (tertiary/aromatic N) is 1. The number of esters is 1. The summed E-state index contributed by atoms with van der Waals surface area (Å²) >= 11 is 0. The van der Waals surface area contributed by atoms with Gasteiger partial charge in [0.2, 0.25) is 11.8 Å². The predicted molar refractivity (Wildman–Crippen MR) is 103 cm³/mol. The largest absolute Gasteiger partial charge is 0.494 e. The van der Waals surface area contributed by atoms with Crippen molar-refractivity contribution in [3.05, 3.63) is 24.3 Å². The molecule has 2 amide bonds. The summed E-state index contributed by atoms with van der Waals surface area (Å²) in [6.45, 7) is 7.74. The third-order valence-electron chi connectivity index (χ3n) is 3.65. The van der Waals surface area contributed by atoms with Gasteiger partial charge in [0.25, 0.3) is 0 Å². The van der Waals surface area contributed by atoms with E-state index in [1.807, 2.05) is 6.92 Å². The number of hydrogen-bond acceptors (Lipinski definition) is 6. The van der Waals surface area contributed by atoms with Crippen LogP contribution in [0.5, 0.6) is 5.75 Å². The molecule has 1 aromatic carbocycles. The van der Waals surface area contributed by atoms with Crippen molar-refractivity contribution in [2.24, 2.45) is 11.0 Å². The fraction of sp³-hybridized carbons (Fsp3) is 0.474. The summed E-state index contributed by atoms with van der Waals surface area (Å²) in [5.74, 6) is -0.918. The summed E-state index contributed by atoms with van der Waals surface area (Å²) in [5.41, 5.74) is 3.40. The van der Waals surface area contributed by atoms with Gasteiger partial charge in [0.1, 0.15) is 5.75 Å². The van der Waals surface area contributed by atoms with Crippen molar-refractivity contribution in [1.29, 1.82) is 0 Å². The van der Waals surface area contributed by atoms with Crippen LogP contribution in [0.1, 0.15) is 40.5 Å². The van der Waals surface area contributed by atoms with Gasteiger partial charge in [0.15, 0.2) is 0 Å². The smallest absolute Gasteiger partial charge is 0.314 e. The van der Waals surface area contributed by atoms with E-state index >= 15 is 0 Å². The fourth-order valence-electron chi connectivity index (χ4n) is 1.99. The molecule has 1 unspecified atom stereocenters. The molecule has 0 saturated heterocycles. The van der Waals surface area contributed by atoms with E-state index in [2.05, 4.69) is 15.8 Å². The standard InChI is InChI=1S/C19H27N3O5/c1-5-26-16-9-7-15(8-10-16)20-17(23)11-12-18(24)22-21-14(4)13(3)19(25)27-6-2/h7-10,13H,5-6,11-12H2,1-4H3,(H,20,23)(H,22,24)/b21-14-. The molecule has 8 nitrogen and oxygen atoms in total. The molecular formula is C19H27N3O5. The zero-order valence-corrected chi connectivity index (χ0v) is 16.2. The molecule has 8 heteroatoms. The Hall–Kier alpha value is -2.90. The third-order valence-corrected chi connectivity index (χ3v) is 3.65. The summed E-state index contributed by atoms with van der Waals surface area (Å²) < 4.78 is 10.2. The number of benzene rings is 1. The van der Waals surface area contributed by atoms with Crippen LogP contribution in [0, 0.1) is 5.92 Å². The van der Waals surface area contributed by atoms with Crippen LogP contribution in [0.15, 0.2) is 29.4 Å². The molecule has 1 aromatic rings. The highest BCUT2D eigenvalue weighted by Gasteiger charge is 2.17. The quantitative estimate of drug-likeness (QED) is 0.370. The molecule has 0 saturated carbocycles. The second kappa shape index (κ2) is 11.7. The maximum Gasteiger partial charge on any atom is 0.314 e. The minimum atomic E-state index is -0.548. The number of hydrazone groups is 1. The maximum atomic E-state index is 11.9. The summed E-state index contributed by atoms with van der Waals surface area (Å²) in [6.07, 6.45) is -0.00548. The van der Waals surface area contributed by atoms with E-state index in [9.17, 15) is 14.4 Å². The molecule has 2 N–H and O–H groups in total. The van der Waals surface area contributed by atoms with Crippen molar-refractivity contribution in [2.45, 2.75) is 40.5 Å². The zero-order valence-electron chi connectivity index (χ0n) is 16.2. The zero-order chi connectivity index (χ0) is 20.2. The minimum Gasteiger partial charge on any atom is -0.494 e. The van der Waals surface area contributed by atoms with Gasteiger partial charge < -0.3 is 14.8 Å². The van der Waals surface area contributed by atoms with Gasteiger partial charge in [0.05, 0.1) is 19.1 Å². The van der Waals surface area contributed by atoms with Crippen molar-refractivity contribution < 1.29 is 23.9 Å². The number of anilines is 1. The molecule has 0 aliphatic heterocycles. The number of nitrogens with one attached hydrogen (secondary N) is 2. The third kappa shape index (κ3) is 8.35. The Kier molecular flexibility index (Phi) is 9.57. The average Bonchev–Trinajstić information content (AvgIpc) is 2.65. The van der Waals surface area contributed by atoms with Crippen LogP contribution in [-0.2, 0) is 19.1 Å². The highest BCUT2D eigenvalue weighted by atomic mass is 16.5. The van der Waals surface area contributed by atoms with Crippen molar-refractivity contribution >= 4 is 29.2 Å². The first kappa shape index (κ1) is 22.1. The van der Waals surface area contributed by atoms with Crippen LogP contribution in [0.2, 0.25) is 0 Å². The molecule has 148 valence electrons. The van der Waals surface area contributed by atoms with Crippen molar-refractivity contribution in [1.82, 2.24) is 5.43 Å². The van der Waals surface area contributed by atoms with E-state index in [0.29, 0.717) is 18.0 Å². The lowest BCUT2D eigenvalue weighted by atomic mass is 10.1. The van der Waals surface area contributed by atoms with Gasteiger partial charge in [-0.3, -0.25) is 14.4 Å².